The number of hydrogen-bond acceptors (Lipinski definition) is 4. The van der Waals surface area contributed by atoms with Gasteiger partial charge in [-0.1, -0.05) is 13.8 Å². The van der Waals surface area contributed by atoms with E-state index in [4.69, 9.17) is 14.2 Å². The fourth-order valence-electron chi connectivity index (χ4n) is 0.827. The van der Waals surface area contributed by atoms with Crippen LogP contribution in [0.2, 0.25) is 0 Å². The van der Waals surface area contributed by atoms with Crippen molar-refractivity contribution >= 4 is 5.78 Å². The number of carbonyl (C=O) groups is 1. The lowest BCUT2D eigenvalue weighted by atomic mass is 10.4. The summed E-state index contributed by atoms with van der Waals surface area (Å²) < 4.78 is 15.0. The van der Waals surface area contributed by atoms with Crippen LogP contribution in [0.5, 0.6) is 0 Å². The van der Waals surface area contributed by atoms with E-state index < -0.39 is 0 Å². The molecule has 17 heavy (non-hydrogen) atoms. The Morgan fingerprint density at radius 2 is 1.65 bits per heavy atom. The Bertz CT molecular complexity index is 182. The maximum atomic E-state index is 9.44. The minimum absolute atomic E-state index is 0.167. The lowest BCUT2D eigenvalue weighted by molar-refractivity contribution is -0.114. The first-order valence-corrected chi connectivity index (χ1v) is 6.38. The molecule has 2 saturated heterocycles. The maximum absolute atomic E-state index is 9.44. The van der Waals surface area contributed by atoms with Crippen molar-refractivity contribution in [3.8, 4) is 0 Å². The van der Waals surface area contributed by atoms with Crippen LogP contribution in [0, 0.1) is 0 Å². The lowest BCUT2D eigenvalue weighted by Crippen LogP contribution is -2.01. The van der Waals surface area contributed by atoms with Crippen molar-refractivity contribution in [2.45, 2.75) is 52.7 Å². The molecule has 0 spiro atoms. The average molecular weight is 246 g/mol. The summed E-state index contributed by atoms with van der Waals surface area (Å²) >= 11 is 0. The highest BCUT2D eigenvalue weighted by molar-refractivity contribution is 5.72. The van der Waals surface area contributed by atoms with Gasteiger partial charge in [0.1, 0.15) is 11.9 Å². The van der Waals surface area contributed by atoms with Crippen LogP contribution in [-0.2, 0) is 19.0 Å². The van der Waals surface area contributed by atoms with E-state index in [9.17, 15) is 4.79 Å². The molecule has 4 nitrogen and oxygen atoms in total. The van der Waals surface area contributed by atoms with E-state index in [1.165, 1.54) is 20.3 Å². The lowest BCUT2D eigenvalue weighted by Gasteiger charge is -1.95. The van der Waals surface area contributed by atoms with Gasteiger partial charge in [0.05, 0.1) is 25.9 Å². The fraction of sp³-hybridized carbons (Fsp3) is 0.923. The number of epoxide rings is 2. The Kier molecular flexibility index (Phi) is 10.4. The summed E-state index contributed by atoms with van der Waals surface area (Å²) in [5, 5.41) is 0. The highest BCUT2D eigenvalue weighted by Gasteiger charge is 2.21. The molecule has 0 bridgehead atoms. The summed E-state index contributed by atoms with van der Waals surface area (Å²) in [5.41, 5.74) is 0. The van der Waals surface area contributed by atoms with Crippen molar-refractivity contribution in [2.24, 2.45) is 0 Å². The van der Waals surface area contributed by atoms with E-state index in [2.05, 4.69) is 13.8 Å². The Labute approximate surface area is 105 Å². The Hall–Kier alpha value is -0.450. The first-order chi connectivity index (χ1) is 8.10. The molecule has 0 aromatic carbocycles. The highest BCUT2D eigenvalue weighted by atomic mass is 16.6. The normalized spacial score (nSPS) is 23.8. The zero-order valence-corrected chi connectivity index (χ0v) is 11.5. The molecule has 2 heterocycles. The number of rotatable bonds is 5. The fourth-order valence-corrected chi connectivity index (χ4v) is 0.827. The summed E-state index contributed by atoms with van der Waals surface area (Å²) in [6.45, 7) is 10.9. The van der Waals surface area contributed by atoms with Crippen molar-refractivity contribution in [2.75, 3.05) is 26.4 Å². The predicted octanol–water partition coefficient (Wildman–Crippen LogP) is 2.20. The third kappa shape index (κ3) is 18.1. The van der Waals surface area contributed by atoms with Gasteiger partial charge in [-0.05, 0) is 26.7 Å². The van der Waals surface area contributed by atoms with Crippen LogP contribution in [0.25, 0.3) is 0 Å². The van der Waals surface area contributed by atoms with E-state index in [-0.39, 0.29) is 5.78 Å². The summed E-state index contributed by atoms with van der Waals surface area (Å²) in [6, 6.07) is 0. The van der Waals surface area contributed by atoms with Crippen LogP contribution < -0.4 is 0 Å². The third-order valence-corrected chi connectivity index (χ3v) is 1.91. The molecule has 0 aliphatic carbocycles. The van der Waals surface area contributed by atoms with Crippen LogP contribution in [0.3, 0.4) is 0 Å². The predicted molar refractivity (Wildman–Crippen MR) is 67.2 cm³/mol. The molecular weight excluding hydrogens is 220 g/mol. The standard InChI is InChI=1S/C6H12O2.C4H8O.C3H6O/c1-2-3-7-4-6-5-8-6;1-2-4-3-5-4;1-3(2)4/h6H,2-5H2,1H3;4H,2-3H2,1H3;1-2H3. The monoisotopic (exact) mass is 246 g/mol. The van der Waals surface area contributed by atoms with Gasteiger partial charge in [0.15, 0.2) is 0 Å². The van der Waals surface area contributed by atoms with Crippen LogP contribution in [0.4, 0.5) is 0 Å². The Morgan fingerprint density at radius 1 is 1.18 bits per heavy atom. The molecule has 2 fully saturated rings. The van der Waals surface area contributed by atoms with E-state index >= 15 is 0 Å². The molecule has 0 radical (unpaired) electrons. The van der Waals surface area contributed by atoms with E-state index in [1.807, 2.05) is 0 Å². The third-order valence-electron chi connectivity index (χ3n) is 1.91. The minimum Gasteiger partial charge on any atom is -0.379 e. The van der Waals surface area contributed by atoms with Gasteiger partial charge in [-0.25, -0.2) is 0 Å². The number of ketones is 1. The molecule has 2 unspecified atom stereocenters. The molecule has 0 amide bonds. The van der Waals surface area contributed by atoms with Crippen molar-refractivity contribution < 1.29 is 19.0 Å². The second-order valence-electron chi connectivity index (χ2n) is 4.30. The van der Waals surface area contributed by atoms with Crippen LogP contribution >= 0.6 is 0 Å². The second-order valence-corrected chi connectivity index (χ2v) is 4.30. The number of carbonyl (C=O) groups excluding carboxylic acids is 1. The number of ether oxygens (including phenoxy) is 3. The van der Waals surface area contributed by atoms with Crippen molar-refractivity contribution in [3.63, 3.8) is 0 Å². The van der Waals surface area contributed by atoms with Crippen LogP contribution in [0.1, 0.15) is 40.5 Å². The molecule has 4 heteroatoms. The smallest absolute Gasteiger partial charge is 0.126 e. The van der Waals surface area contributed by atoms with Crippen molar-refractivity contribution in [1.82, 2.24) is 0 Å². The molecule has 2 aliphatic heterocycles. The topological polar surface area (TPSA) is 51.4 Å². The van der Waals surface area contributed by atoms with Gasteiger partial charge in [0, 0.05) is 6.61 Å². The molecule has 102 valence electrons. The molecule has 0 saturated carbocycles. The van der Waals surface area contributed by atoms with E-state index in [0.717, 1.165) is 32.8 Å². The van der Waals surface area contributed by atoms with Gasteiger partial charge < -0.3 is 19.0 Å². The zero-order valence-electron chi connectivity index (χ0n) is 11.5. The molecule has 0 N–H and O–H groups in total. The molecule has 0 aromatic heterocycles. The summed E-state index contributed by atoms with van der Waals surface area (Å²) in [7, 11) is 0. The van der Waals surface area contributed by atoms with Gasteiger partial charge >= 0.3 is 0 Å². The Balaban J connectivity index is 0.000000246. The average Bonchev–Trinajstić information content (AvgIpc) is 3.14. The molecule has 2 aliphatic rings. The van der Waals surface area contributed by atoms with Crippen LogP contribution in [0.15, 0.2) is 0 Å². The molecule has 2 rings (SSSR count). The van der Waals surface area contributed by atoms with Crippen molar-refractivity contribution in [3.05, 3.63) is 0 Å². The quantitative estimate of drug-likeness (QED) is 0.551. The maximum Gasteiger partial charge on any atom is 0.126 e. The summed E-state index contributed by atoms with van der Waals surface area (Å²) in [6.07, 6.45) is 3.36. The summed E-state index contributed by atoms with van der Waals surface area (Å²) in [4.78, 5) is 9.44. The van der Waals surface area contributed by atoms with Crippen LogP contribution in [-0.4, -0.2) is 44.4 Å². The van der Waals surface area contributed by atoms with E-state index in [0.29, 0.717) is 12.2 Å². The van der Waals surface area contributed by atoms with Crippen molar-refractivity contribution in [1.29, 1.82) is 0 Å². The van der Waals surface area contributed by atoms with E-state index in [1.54, 1.807) is 0 Å². The minimum atomic E-state index is 0.167. The number of Topliss-reactive ketones (excluding diaryl/α,β-unsaturated/α-hetero) is 1. The first kappa shape index (κ1) is 16.6. The largest absolute Gasteiger partial charge is 0.379 e. The molecule has 2 atom stereocenters. The van der Waals surface area contributed by atoms with Gasteiger partial charge in [-0.2, -0.15) is 0 Å². The SMILES string of the molecule is CC(C)=O.CCC1CO1.CCCOCC1CO1. The van der Waals surface area contributed by atoms with Gasteiger partial charge in [0.2, 0.25) is 0 Å². The highest BCUT2D eigenvalue weighted by Crippen LogP contribution is 2.10. The van der Waals surface area contributed by atoms with Gasteiger partial charge in [0.25, 0.3) is 0 Å². The summed E-state index contributed by atoms with van der Waals surface area (Å²) in [5.74, 6) is 0.167. The molecular formula is C13H26O4. The Morgan fingerprint density at radius 3 is 1.88 bits per heavy atom. The second kappa shape index (κ2) is 10.7. The zero-order chi connectivity index (χ0) is 13.1. The molecule has 0 aromatic rings. The first-order valence-electron chi connectivity index (χ1n) is 6.38. The number of hydrogen-bond donors (Lipinski definition) is 0. The van der Waals surface area contributed by atoms with Gasteiger partial charge in [-0.3, -0.25) is 0 Å². The van der Waals surface area contributed by atoms with Gasteiger partial charge in [-0.15, -0.1) is 0 Å².